The van der Waals surface area contributed by atoms with Crippen molar-refractivity contribution in [3.05, 3.63) is 40.6 Å². The summed E-state index contributed by atoms with van der Waals surface area (Å²) in [7, 11) is 0. The molecule has 0 aliphatic carbocycles. The smallest absolute Gasteiger partial charge is 0.239 e. The number of hydrogen-bond donors (Lipinski definition) is 8. The fraction of sp³-hybridized carbons (Fsp3) is 0.286. The van der Waals surface area contributed by atoms with Gasteiger partial charge in [0, 0.05) is 17.7 Å². The summed E-state index contributed by atoms with van der Waals surface area (Å²) < 4.78 is 16.5. The molecule has 12 nitrogen and oxygen atoms in total. The summed E-state index contributed by atoms with van der Waals surface area (Å²) in [6, 6.07) is 5.36. The summed E-state index contributed by atoms with van der Waals surface area (Å²) in [4.78, 5) is 13.2. The highest BCUT2D eigenvalue weighted by Crippen LogP contribution is 2.39. The van der Waals surface area contributed by atoms with Crippen LogP contribution >= 0.6 is 0 Å². The van der Waals surface area contributed by atoms with Crippen LogP contribution in [0.5, 0.6) is 28.7 Å². The van der Waals surface area contributed by atoms with E-state index in [9.17, 15) is 45.6 Å². The second kappa shape index (κ2) is 8.42. The zero-order chi connectivity index (χ0) is 24.0. The van der Waals surface area contributed by atoms with Gasteiger partial charge in [0.1, 0.15) is 46.9 Å². The van der Waals surface area contributed by atoms with Gasteiger partial charge in [-0.25, -0.2) is 0 Å². The van der Waals surface area contributed by atoms with Gasteiger partial charge in [0.2, 0.25) is 17.5 Å². The zero-order valence-electron chi connectivity index (χ0n) is 16.7. The molecule has 8 N–H and O–H groups in total. The normalized spacial score (nSPS) is 25.3. The molecule has 1 aliphatic heterocycles. The molecule has 0 spiro atoms. The standard InChI is InChI=1S/C21H20O12/c22-6-13-15(27)17(29)18(30)21(32-13)33-20-16(28)14-11(26)4-8(23)5-12(14)31-19(20)7-1-2-9(24)10(25)3-7/h1-5,13,15,17-18,21-27,29-30H,6H2/t13-,15+,17-,18+,21-/m0/s1. The van der Waals surface area contributed by atoms with Crippen LogP contribution in [0.1, 0.15) is 0 Å². The molecule has 1 fully saturated rings. The Kier molecular flexibility index (Phi) is 5.78. The Morgan fingerprint density at radius 2 is 1.61 bits per heavy atom. The highest BCUT2D eigenvalue weighted by Gasteiger charge is 2.45. The minimum absolute atomic E-state index is 0.0201. The van der Waals surface area contributed by atoms with E-state index in [0.29, 0.717) is 0 Å². The second-order valence-electron chi connectivity index (χ2n) is 7.45. The van der Waals surface area contributed by atoms with E-state index in [2.05, 4.69) is 0 Å². The second-order valence-corrected chi connectivity index (χ2v) is 7.45. The SMILES string of the molecule is O=c1c(O[C@@H]2O[C@@H](CO)[C@@H](O)[C@H](O)[C@H]2O)c(-c2ccc(O)c(O)c2)oc2cc(O)cc(O)c12. The lowest BCUT2D eigenvalue weighted by atomic mass is 9.99. The number of hydrogen-bond acceptors (Lipinski definition) is 12. The molecule has 33 heavy (non-hydrogen) atoms. The third-order valence-corrected chi connectivity index (χ3v) is 5.24. The molecule has 4 rings (SSSR count). The van der Waals surface area contributed by atoms with Crippen LogP contribution in [0.15, 0.2) is 39.5 Å². The maximum absolute atomic E-state index is 13.2. The Hall–Kier alpha value is -3.55. The van der Waals surface area contributed by atoms with Gasteiger partial charge in [-0.2, -0.15) is 0 Å². The molecule has 12 heteroatoms. The maximum Gasteiger partial charge on any atom is 0.239 e. The van der Waals surface area contributed by atoms with Crippen molar-refractivity contribution in [3.63, 3.8) is 0 Å². The number of fused-ring (bicyclic) bond motifs is 1. The lowest BCUT2D eigenvalue weighted by Crippen LogP contribution is -2.60. The van der Waals surface area contributed by atoms with Crippen molar-refractivity contribution >= 4 is 11.0 Å². The van der Waals surface area contributed by atoms with Crippen LogP contribution in [0.3, 0.4) is 0 Å². The first-order valence-corrected chi connectivity index (χ1v) is 9.64. The quantitative estimate of drug-likeness (QED) is 0.229. The maximum atomic E-state index is 13.2. The van der Waals surface area contributed by atoms with Crippen LogP contribution in [-0.2, 0) is 4.74 Å². The van der Waals surface area contributed by atoms with Crippen LogP contribution in [0.2, 0.25) is 0 Å². The van der Waals surface area contributed by atoms with Gasteiger partial charge in [0.05, 0.1) is 6.61 Å². The van der Waals surface area contributed by atoms with E-state index in [4.69, 9.17) is 13.9 Å². The number of aromatic hydroxyl groups is 4. The van der Waals surface area contributed by atoms with Crippen LogP contribution in [0, 0.1) is 0 Å². The number of phenolic OH excluding ortho intramolecular Hbond substituents is 4. The van der Waals surface area contributed by atoms with E-state index < -0.39 is 71.5 Å². The van der Waals surface area contributed by atoms with E-state index in [-0.39, 0.29) is 22.3 Å². The molecule has 2 aromatic carbocycles. The molecule has 5 atom stereocenters. The fourth-order valence-electron chi connectivity index (χ4n) is 3.51. The average Bonchev–Trinajstić information content (AvgIpc) is 2.76. The Bertz CT molecular complexity index is 1250. The Morgan fingerprint density at radius 3 is 2.27 bits per heavy atom. The van der Waals surface area contributed by atoms with Crippen molar-refractivity contribution in [1.29, 1.82) is 0 Å². The lowest BCUT2D eigenvalue weighted by molar-refractivity contribution is -0.277. The molecule has 0 saturated carbocycles. The zero-order valence-corrected chi connectivity index (χ0v) is 16.7. The van der Waals surface area contributed by atoms with E-state index in [1.807, 2.05) is 0 Å². The highest BCUT2D eigenvalue weighted by molar-refractivity contribution is 5.88. The van der Waals surface area contributed by atoms with Gasteiger partial charge in [-0.15, -0.1) is 0 Å². The first-order chi connectivity index (χ1) is 15.6. The number of phenols is 4. The van der Waals surface area contributed by atoms with Gasteiger partial charge >= 0.3 is 0 Å². The number of benzene rings is 2. The minimum Gasteiger partial charge on any atom is -0.508 e. The predicted octanol–water partition coefficient (Wildman–Crippen LogP) is -0.539. The molecule has 2 heterocycles. The van der Waals surface area contributed by atoms with Crippen molar-refractivity contribution in [3.8, 4) is 40.1 Å². The van der Waals surface area contributed by atoms with E-state index in [1.54, 1.807) is 0 Å². The first-order valence-electron chi connectivity index (χ1n) is 9.64. The van der Waals surface area contributed by atoms with Crippen molar-refractivity contribution in [2.75, 3.05) is 6.61 Å². The van der Waals surface area contributed by atoms with E-state index >= 15 is 0 Å². The van der Waals surface area contributed by atoms with Gasteiger partial charge in [0.25, 0.3) is 0 Å². The largest absolute Gasteiger partial charge is 0.508 e. The monoisotopic (exact) mass is 464 g/mol. The first kappa shape index (κ1) is 22.6. The average molecular weight is 464 g/mol. The summed E-state index contributed by atoms with van der Waals surface area (Å²) in [5, 5.41) is 78.7. The summed E-state index contributed by atoms with van der Waals surface area (Å²) in [5.74, 6) is -3.05. The van der Waals surface area contributed by atoms with Gasteiger partial charge in [-0.05, 0) is 18.2 Å². The molecule has 0 bridgehead atoms. The number of aliphatic hydroxyl groups is 4. The van der Waals surface area contributed by atoms with Crippen molar-refractivity contribution in [2.45, 2.75) is 30.7 Å². The molecule has 0 amide bonds. The third-order valence-electron chi connectivity index (χ3n) is 5.24. The highest BCUT2D eigenvalue weighted by atomic mass is 16.7. The van der Waals surface area contributed by atoms with Crippen LogP contribution in [-0.4, -0.2) is 78.2 Å². The molecule has 1 saturated heterocycles. The number of rotatable bonds is 4. The van der Waals surface area contributed by atoms with Crippen LogP contribution in [0.4, 0.5) is 0 Å². The summed E-state index contributed by atoms with van der Waals surface area (Å²) in [6.45, 7) is -0.740. The number of aliphatic hydroxyl groups excluding tert-OH is 4. The van der Waals surface area contributed by atoms with Gasteiger partial charge in [-0.3, -0.25) is 4.79 Å². The fourth-order valence-corrected chi connectivity index (χ4v) is 3.51. The molecular weight excluding hydrogens is 444 g/mol. The van der Waals surface area contributed by atoms with Crippen molar-refractivity contribution in [2.24, 2.45) is 0 Å². The molecule has 0 unspecified atom stereocenters. The molecule has 176 valence electrons. The molecule has 1 aliphatic rings. The summed E-state index contributed by atoms with van der Waals surface area (Å²) >= 11 is 0. The van der Waals surface area contributed by atoms with Gasteiger partial charge < -0.3 is 54.7 Å². The van der Waals surface area contributed by atoms with Gasteiger partial charge in [-0.1, -0.05) is 0 Å². The predicted molar refractivity (Wildman–Crippen MR) is 109 cm³/mol. The van der Waals surface area contributed by atoms with Crippen LogP contribution in [0.25, 0.3) is 22.3 Å². The van der Waals surface area contributed by atoms with E-state index in [0.717, 1.165) is 24.3 Å². The Labute approximate surface area is 184 Å². The summed E-state index contributed by atoms with van der Waals surface area (Å²) in [5.41, 5.74) is -1.19. The Balaban J connectivity index is 1.91. The van der Waals surface area contributed by atoms with Crippen molar-refractivity contribution in [1.82, 2.24) is 0 Å². The van der Waals surface area contributed by atoms with E-state index in [1.165, 1.54) is 6.07 Å². The molecule has 0 radical (unpaired) electrons. The molecule has 3 aromatic rings. The Morgan fingerprint density at radius 1 is 0.879 bits per heavy atom. The topological polar surface area (TPSA) is 211 Å². The van der Waals surface area contributed by atoms with Crippen LogP contribution < -0.4 is 10.2 Å². The lowest BCUT2D eigenvalue weighted by Gasteiger charge is -2.39. The molecule has 1 aromatic heterocycles. The van der Waals surface area contributed by atoms with Gasteiger partial charge in [0.15, 0.2) is 17.3 Å². The van der Waals surface area contributed by atoms with Crippen molar-refractivity contribution < 1.29 is 54.7 Å². The third kappa shape index (κ3) is 3.90. The minimum atomic E-state index is -1.85. The molecular formula is C21H20O12. The summed E-state index contributed by atoms with van der Waals surface area (Å²) in [6.07, 6.45) is -8.40. The number of ether oxygens (including phenoxy) is 2.